The highest BCUT2D eigenvalue weighted by Crippen LogP contribution is 2.25. The lowest BCUT2D eigenvalue weighted by atomic mass is 10.0. The van der Waals surface area contributed by atoms with Crippen molar-refractivity contribution in [2.45, 2.75) is 13.3 Å². The number of amides is 2. The third-order valence-corrected chi connectivity index (χ3v) is 3.24. The van der Waals surface area contributed by atoms with Crippen molar-refractivity contribution in [3.05, 3.63) is 24.3 Å². The minimum Gasteiger partial charge on any atom is -0.491 e. The van der Waals surface area contributed by atoms with Crippen LogP contribution < -0.4 is 10.1 Å². The molecule has 0 aliphatic carbocycles. The molecule has 1 N–H and O–H groups in total. The molecule has 20 heavy (non-hydrogen) atoms. The molecule has 0 saturated carbocycles. The number of hydrogen-bond donors (Lipinski definition) is 1. The zero-order valence-corrected chi connectivity index (χ0v) is 12.1. The van der Waals surface area contributed by atoms with Crippen molar-refractivity contribution in [2.75, 3.05) is 38.7 Å². The lowest BCUT2D eigenvalue weighted by Gasteiger charge is -2.38. The fourth-order valence-electron chi connectivity index (χ4n) is 2.18. The first-order valence-corrected chi connectivity index (χ1v) is 7.01. The molecule has 5 heteroatoms. The molecule has 0 spiro atoms. The van der Waals surface area contributed by atoms with Crippen LogP contribution in [-0.2, 0) is 4.74 Å². The van der Waals surface area contributed by atoms with Crippen LogP contribution in [0, 0.1) is 5.92 Å². The van der Waals surface area contributed by atoms with Gasteiger partial charge in [-0.1, -0.05) is 19.1 Å². The Labute approximate surface area is 119 Å². The number of rotatable bonds is 6. The molecular weight excluding hydrogens is 256 g/mol. The van der Waals surface area contributed by atoms with E-state index < -0.39 is 0 Å². The van der Waals surface area contributed by atoms with E-state index in [0.29, 0.717) is 19.1 Å². The van der Waals surface area contributed by atoms with Crippen molar-refractivity contribution in [1.82, 2.24) is 4.90 Å². The number of carbonyl (C=O) groups is 1. The number of para-hydroxylation sites is 2. The van der Waals surface area contributed by atoms with E-state index in [1.165, 1.54) is 0 Å². The summed E-state index contributed by atoms with van der Waals surface area (Å²) in [6.07, 6.45) is 0.938. The molecule has 1 aliphatic heterocycles. The van der Waals surface area contributed by atoms with E-state index in [-0.39, 0.29) is 6.03 Å². The maximum Gasteiger partial charge on any atom is 0.321 e. The SMILES string of the molecule is CCCOc1ccccc1NC(=O)N1CC(COC)C1. The van der Waals surface area contributed by atoms with Gasteiger partial charge in [-0.2, -0.15) is 0 Å². The fraction of sp³-hybridized carbons (Fsp3) is 0.533. The van der Waals surface area contributed by atoms with Gasteiger partial charge in [0, 0.05) is 26.1 Å². The Morgan fingerprint density at radius 3 is 2.85 bits per heavy atom. The Kier molecular flexibility index (Phi) is 5.24. The highest BCUT2D eigenvalue weighted by atomic mass is 16.5. The number of hydrogen-bond acceptors (Lipinski definition) is 3. The number of methoxy groups -OCH3 is 1. The maximum absolute atomic E-state index is 12.1. The summed E-state index contributed by atoms with van der Waals surface area (Å²) in [5.74, 6) is 1.18. The first-order valence-electron chi connectivity index (χ1n) is 7.01. The molecular formula is C15H22N2O3. The zero-order valence-electron chi connectivity index (χ0n) is 12.1. The quantitative estimate of drug-likeness (QED) is 0.870. The highest BCUT2D eigenvalue weighted by molar-refractivity contribution is 5.91. The lowest BCUT2D eigenvalue weighted by Crippen LogP contribution is -2.53. The van der Waals surface area contributed by atoms with E-state index in [2.05, 4.69) is 12.2 Å². The molecule has 5 nitrogen and oxygen atoms in total. The van der Waals surface area contributed by atoms with Gasteiger partial charge in [0.25, 0.3) is 0 Å². The Hall–Kier alpha value is -1.75. The molecule has 0 bridgehead atoms. The molecule has 1 saturated heterocycles. The molecule has 2 rings (SSSR count). The zero-order chi connectivity index (χ0) is 14.4. The van der Waals surface area contributed by atoms with E-state index in [0.717, 1.165) is 30.9 Å². The van der Waals surface area contributed by atoms with E-state index >= 15 is 0 Å². The van der Waals surface area contributed by atoms with E-state index in [1.54, 1.807) is 12.0 Å². The Morgan fingerprint density at radius 1 is 1.40 bits per heavy atom. The van der Waals surface area contributed by atoms with Gasteiger partial charge in [0.2, 0.25) is 0 Å². The first kappa shape index (κ1) is 14.7. The molecule has 0 aromatic heterocycles. The molecule has 1 aromatic carbocycles. The maximum atomic E-state index is 12.1. The molecule has 1 aromatic rings. The Bertz CT molecular complexity index is 444. The smallest absolute Gasteiger partial charge is 0.321 e. The number of nitrogens with one attached hydrogen (secondary N) is 1. The van der Waals surface area contributed by atoms with Crippen LogP contribution in [0.15, 0.2) is 24.3 Å². The molecule has 0 unspecified atom stereocenters. The number of urea groups is 1. The molecule has 2 amide bonds. The van der Waals surface area contributed by atoms with Crippen molar-refractivity contribution >= 4 is 11.7 Å². The van der Waals surface area contributed by atoms with Gasteiger partial charge in [-0.05, 0) is 18.6 Å². The number of ether oxygens (including phenoxy) is 2. The second-order valence-corrected chi connectivity index (χ2v) is 5.00. The molecule has 0 atom stereocenters. The van der Waals surface area contributed by atoms with E-state index in [4.69, 9.17) is 9.47 Å². The topological polar surface area (TPSA) is 50.8 Å². The summed E-state index contributed by atoms with van der Waals surface area (Å²) in [5.41, 5.74) is 0.723. The van der Waals surface area contributed by atoms with Gasteiger partial charge in [0.1, 0.15) is 5.75 Å². The van der Waals surface area contributed by atoms with Crippen LogP contribution in [0.1, 0.15) is 13.3 Å². The predicted octanol–water partition coefficient (Wildman–Crippen LogP) is 2.59. The summed E-state index contributed by atoms with van der Waals surface area (Å²) >= 11 is 0. The number of carbonyl (C=O) groups excluding carboxylic acids is 1. The van der Waals surface area contributed by atoms with Gasteiger partial charge in [-0.15, -0.1) is 0 Å². The highest BCUT2D eigenvalue weighted by Gasteiger charge is 2.30. The van der Waals surface area contributed by atoms with Crippen LogP contribution in [0.5, 0.6) is 5.75 Å². The third kappa shape index (κ3) is 3.63. The standard InChI is InChI=1S/C15H22N2O3/c1-3-8-20-14-7-5-4-6-13(14)16-15(18)17-9-12(10-17)11-19-2/h4-7,12H,3,8-11H2,1-2H3,(H,16,18). The number of anilines is 1. The summed E-state index contributed by atoms with van der Waals surface area (Å²) in [6.45, 7) is 4.90. The van der Waals surface area contributed by atoms with Gasteiger partial charge in [-0.3, -0.25) is 0 Å². The van der Waals surface area contributed by atoms with Crippen LogP contribution in [0.2, 0.25) is 0 Å². The van der Waals surface area contributed by atoms with Crippen LogP contribution in [0.3, 0.4) is 0 Å². The van der Waals surface area contributed by atoms with Crippen molar-refractivity contribution in [1.29, 1.82) is 0 Å². The third-order valence-electron chi connectivity index (χ3n) is 3.24. The van der Waals surface area contributed by atoms with Gasteiger partial charge < -0.3 is 19.7 Å². The first-order chi connectivity index (χ1) is 9.74. The number of likely N-dealkylation sites (tertiary alicyclic amines) is 1. The van der Waals surface area contributed by atoms with Crippen LogP contribution in [-0.4, -0.2) is 44.3 Å². The summed E-state index contributed by atoms with van der Waals surface area (Å²) in [4.78, 5) is 13.9. The van der Waals surface area contributed by atoms with Gasteiger partial charge in [0.15, 0.2) is 0 Å². The van der Waals surface area contributed by atoms with E-state index in [1.807, 2.05) is 24.3 Å². The monoisotopic (exact) mass is 278 g/mol. The second-order valence-electron chi connectivity index (χ2n) is 5.00. The van der Waals surface area contributed by atoms with Crippen molar-refractivity contribution < 1.29 is 14.3 Å². The summed E-state index contributed by atoms with van der Waals surface area (Å²) in [5, 5.41) is 2.91. The van der Waals surface area contributed by atoms with E-state index in [9.17, 15) is 4.79 Å². The molecule has 110 valence electrons. The Balaban J connectivity index is 1.88. The Morgan fingerprint density at radius 2 is 2.15 bits per heavy atom. The summed E-state index contributed by atoms with van der Waals surface area (Å²) < 4.78 is 10.7. The van der Waals surface area contributed by atoms with Crippen LogP contribution >= 0.6 is 0 Å². The van der Waals surface area contributed by atoms with Crippen LogP contribution in [0.4, 0.5) is 10.5 Å². The predicted molar refractivity (Wildman–Crippen MR) is 78.2 cm³/mol. The van der Waals surface area contributed by atoms with Gasteiger partial charge in [-0.25, -0.2) is 4.79 Å². The second kappa shape index (κ2) is 7.14. The molecule has 0 radical (unpaired) electrons. The summed E-state index contributed by atoms with van der Waals surface area (Å²) in [7, 11) is 1.68. The fourth-order valence-corrected chi connectivity index (χ4v) is 2.18. The molecule has 1 fully saturated rings. The largest absolute Gasteiger partial charge is 0.491 e. The average molecular weight is 278 g/mol. The summed E-state index contributed by atoms with van der Waals surface area (Å²) in [6, 6.07) is 7.44. The average Bonchev–Trinajstić information content (AvgIpc) is 2.41. The van der Waals surface area contributed by atoms with Crippen LogP contribution in [0.25, 0.3) is 0 Å². The number of nitrogens with zero attached hydrogens (tertiary/aromatic N) is 1. The van der Waals surface area contributed by atoms with Crippen molar-refractivity contribution in [3.8, 4) is 5.75 Å². The van der Waals surface area contributed by atoms with Crippen molar-refractivity contribution in [2.24, 2.45) is 5.92 Å². The van der Waals surface area contributed by atoms with Gasteiger partial charge in [0.05, 0.1) is 18.9 Å². The molecule has 1 aliphatic rings. The number of benzene rings is 1. The minimum atomic E-state index is -0.0788. The molecule has 1 heterocycles. The lowest BCUT2D eigenvalue weighted by molar-refractivity contribution is 0.0599. The minimum absolute atomic E-state index is 0.0788. The van der Waals surface area contributed by atoms with Crippen molar-refractivity contribution in [3.63, 3.8) is 0 Å². The van der Waals surface area contributed by atoms with Gasteiger partial charge >= 0.3 is 6.03 Å². The normalized spacial score (nSPS) is 14.8.